The van der Waals surface area contributed by atoms with Crippen LogP contribution in [0.3, 0.4) is 0 Å². The van der Waals surface area contributed by atoms with Gasteiger partial charge >= 0.3 is 0 Å². The predicted molar refractivity (Wildman–Crippen MR) is 74.8 cm³/mol. The molecule has 2 aliphatic rings. The van der Waals surface area contributed by atoms with E-state index in [1.54, 1.807) is 5.57 Å². The van der Waals surface area contributed by atoms with Crippen LogP contribution in [0.1, 0.15) is 39.0 Å². The van der Waals surface area contributed by atoms with Gasteiger partial charge in [-0.25, -0.2) is 0 Å². The Hall–Kier alpha value is -0.560. The minimum atomic E-state index is 0.361. The lowest BCUT2D eigenvalue weighted by atomic mass is 9.78. The van der Waals surface area contributed by atoms with Crippen LogP contribution < -0.4 is 0 Å². The Morgan fingerprint density at radius 2 is 1.88 bits per heavy atom. The molecule has 96 valence electrons. The van der Waals surface area contributed by atoms with Gasteiger partial charge in [-0.15, -0.1) is 0 Å². The van der Waals surface area contributed by atoms with Gasteiger partial charge in [0.05, 0.1) is 27.7 Å². The second-order valence-corrected chi connectivity index (χ2v) is 7.33. The Labute approximate surface area is 107 Å². The molecule has 1 heteroatoms. The Balaban J connectivity index is 1.99. The van der Waals surface area contributed by atoms with Crippen molar-refractivity contribution in [1.29, 1.82) is 0 Å². The second kappa shape index (κ2) is 4.61. The van der Waals surface area contributed by atoms with Crippen molar-refractivity contribution in [3.05, 3.63) is 23.8 Å². The highest BCUT2D eigenvalue weighted by Crippen LogP contribution is 2.38. The molecule has 0 heterocycles. The van der Waals surface area contributed by atoms with Crippen molar-refractivity contribution in [2.45, 2.75) is 39.0 Å². The average Bonchev–Trinajstić information content (AvgIpc) is 2.68. The number of allylic oxidation sites excluding steroid dienone is 3. The van der Waals surface area contributed by atoms with Gasteiger partial charge in [0, 0.05) is 5.41 Å². The van der Waals surface area contributed by atoms with Gasteiger partial charge < -0.3 is 4.48 Å². The van der Waals surface area contributed by atoms with Crippen LogP contribution in [0.2, 0.25) is 0 Å². The molecule has 2 aliphatic carbocycles. The van der Waals surface area contributed by atoms with Crippen molar-refractivity contribution in [3.63, 3.8) is 0 Å². The summed E-state index contributed by atoms with van der Waals surface area (Å²) in [6.45, 7) is 3.62. The van der Waals surface area contributed by atoms with Crippen molar-refractivity contribution < 1.29 is 4.48 Å². The summed E-state index contributed by atoms with van der Waals surface area (Å²) in [7, 11) is 6.86. The van der Waals surface area contributed by atoms with Crippen molar-refractivity contribution >= 4 is 0 Å². The highest BCUT2D eigenvalue weighted by atomic mass is 15.3. The molecule has 0 saturated heterocycles. The molecule has 1 unspecified atom stereocenters. The Kier molecular flexibility index (Phi) is 3.49. The number of quaternary nitrogens is 1. The Morgan fingerprint density at radius 3 is 2.35 bits per heavy atom. The zero-order valence-corrected chi connectivity index (χ0v) is 12.0. The summed E-state index contributed by atoms with van der Waals surface area (Å²) >= 11 is 0. The first-order valence-electron chi connectivity index (χ1n) is 7.08. The van der Waals surface area contributed by atoms with Crippen molar-refractivity contribution in [2.75, 3.05) is 27.7 Å². The van der Waals surface area contributed by atoms with E-state index in [1.807, 2.05) is 0 Å². The number of hydrogen-bond donors (Lipinski definition) is 0. The maximum atomic E-state index is 2.52. The molecule has 1 atom stereocenters. The van der Waals surface area contributed by atoms with E-state index in [9.17, 15) is 0 Å². The summed E-state index contributed by atoms with van der Waals surface area (Å²) in [5, 5.41) is 0. The van der Waals surface area contributed by atoms with Crippen LogP contribution in [0, 0.1) is 11.3 Å². The maximum absolute atomic E-state index is 2.52. The Bertz CT molecular complexity index is 326. The van der Waals surface area contributed by atoms with E-state index in [-0.39, 0.29) is 0 Å². The molecular weight excluding hydrogens is 206 g/mol. The van der Waals surface area contributed by atoms with E-state index in [2.05, 4.69) is 46.3 Å². The molecule has 1 fully saturated rings. The van der Waals surface area contributed by atoms with Gasteiger partial charge in [0.25, 0.3) is 0 Å². The topological polar surface area (TPSA) is 0 Å². The van der Waals surface area contributed by atoms with E-state index >= 15 is 0 Å². The van der Waals surface area contributed by atoms with Crippen molar-refractivity contribution in [3.8, 4) is 0 Å². The third-order valence-electron chi connectivity index (χ3n) is 4.14. The first-order chi connectivity index (χ1) is 7.88. The number of hydrogen-bond acceptors (Lipinski definition) is 0. The summed E-state index contributed by atoms with van der Waals surface area (Å²) in [5.74, 6) is 0.875. The molecular formula is C16H28N+. The van der Waals surface area contributed by atoms with Crippen molar-refractivity contribution in [2.24, 2.45) is 11.3 Å². The van der Waals surface area contributed by atoms with Gasteiger partial charge in [-0.3, -0.25) is 0 Å². The molecule has 0 bridgehead atoms. The molecule has 0 radical (unpaired) electrons. The highest BCUT2D eigenvalue weighted by Gasteiger charge is 2.30. The quantitative estimate of drug-likeness (QED) is 0.652. The van der Waals surface area contributed by atoms with E-state index in [1.165, 1.54) is 38.6 Å². The normalized spacial score (nSPS) is 30.7. The molecule has 1 saturated carbocycles. The lowest BCUT2D eigenvalue weighted by molar-refractivity contribution is -0.876. The molecule has 0 aliphatic heterocycles. The lowest BCUT2D eigenvalue weighted by Gasteiger charge is -2.36. The summed E-state index contributed by atoms with van der Waals surface area (Å²) in [6, 6.07) is 0. The van der Waals surface area contributed by atoms with E-state index in [4.69, 9.17) is 0 Å². The van der Waals surface area contributed by atoms with Gasteiger partial charge in [-0.05, 0) is 30.8 Å². The predicted octanol–water partition coefficient (Wildman–Crippen LogP) is 3.78. The maximum Gasteiger partial charge on any atom is 0.0873 e. The van der Waals surface area contributed by atoms with Gasteiger partial charge in [-0.2, -0.15) is 0 Å². The monoisotopic (exact) mass is 234 g/mol. The third kappa shape index (κ3) is 3.45. The van der Waals surface area contributed by atoms with Crippen molar-refractivity contribution in [1.82, 2.24) is 0 Å². The van der Waals surface area contributed by atoms with E-state index in [0.29, 0.717) is 5.41 Å². The minimum absolute atomic E-state index is 0.361. The first kappa shape index (κ1) is 12.9. The van der Waals surface area contributed by atoms with Crippen LogP contribution in [0.5, 0.6) is 0 Å². The summed E-state index contributed by atoms with van der Waals surface area (Å²) in [5.41, 5.74) is 1.99. The fourth-order valence-electron chi connectivity index (χ4n) is 3.55. The van der Waals surface area contributed by atoms with Crippen LogP contribution >= 0.6 is 0 Å². The van der Waals surface area contributed by atoms with Crippen LogP contribution in [0.25, 0.3) is 0 Å². The van der Waals surface area contributed by atoms with Crippen LogP contribution in [-0.4, -0.2) is 32.2 Å². The first-order valence-corrected chi connectivity index (χ1v) is 7.08. The summed E-state index contributed by atoms with van der Waals surface area (Å²) in [4.78, 5) is 0. The molecule has 1 nitrogen and oxygen atoms in total. The molecule has 2 rings (SSSR count). The molecule has 0 aromatic carbocycles. The molecule has 0 spiro atoms. The highest BCUT2D eigenvalue weighted by molar-refractivity contribution is 5.29. The van der Waals surface area contributed by atoms with Gasteiger partial charge in [0.2, 0.25) is 0 Å². The number of rotatable bonds is 3. The standard InChI is InChI=1S/C16H28N/c1-16(13-17(2,3)4)11-9-15(10-12-16)14-7-5-6-8-14/h9-11,14H,5-8,12-13H2,1-4H3/q+1. The van der Waals surface area contributed by atoms with E-state index in [0.717, 1.165) is 10.4 Å². The largest absolute Gasteiger partial charge is 0.330 e. The second-order valence-electron chi connectivity index (χ2n) is 7.33. The molecule has 17 heavy (non-hydrogen) atoms. The summed E-state index contributed by atoms with van der Waals surface area (Å²) < 4.78 is 1.05. The minimum Gasteiger partial charge on any atom is -0.330 e. The van der Waals surface area contributed by atoms with Gasteiger partial charge in [0.1, 0.15) is 0 Å². The van der Waals surface area contributed by atoms with Crippen LogP contribution in [-0.2, 0) is 0 Å². The third-order valence-corrected chi connectivity index (χ3v) is 4.14. The zero-order chi connectivity index (χ0) is 12.5. The smallest absolute Gasteiger partial charge is 0.0873 e. The lowest BCUT2D eigenvalue weighted by Crippen LogP contribution is -2.43. The van der Waals surface area contributed by atoms with Gasteiger partial charge in [-0.1, -0.05) is 38.0 Å². The molecule has 0 aromatic heterocycles. The fourth-order valence-corrected chi connectivity index (χ4v) is 3.55. The van der Waals surface area contributed by atoms with Gasteiger partial charge in [0.15, 0.2) is 0 Å². The van der Waals surface area contributed by atoms with Crippen LogP contribution in [0.15, 0.2) is 23.8 Å². The summed E-state index contributed by atoms with van der Waals surface area (Å²) in [6.07, 6.45) is 14.4. The number of nitrogens with zero attached hydrogens (tertiary/aromatic N) is 1. The zero-order valence-electron chi connectivity index (χ0n) is 12.0. The fraction of sp³-hybridized carbons (Fsp3) is 0.750. The SMILES string of the molecule is CC1(C[N+](C)(C)C)C=CC(C2CCCC2)=CC1. The van der Waals surface area contributed by atoms with E-state index < -0.39 is 0 Å². The molecule has 0 aromatic rings. The molecule has 0 N–H and O–H groups in total. The average molecular weight is 234 g/mol. The Morgan fingerprint density at radius 1 is 1.24 bits per heavy atom. The van der Waals surface area contributed by atoms with Crippen LogP contribution in [0.4, 0.5) is 0 Å². The molecule has 0 amide bonds.